The van der Waals surface area contributed by atoms with Gasteiger partial charge < -0.3 is 10.1 Å². The summed E-state index contributed by atoms with van der Waals surface area (Å²) in [7, 11) is 1.34. The molecule has 0 spiro atoms. The van der Waals surface area contributed by atoms with Crippen LogP contribution in [0.4, 0.5) is 0 Å². The molecule has 0 aliphatic rings. The normalized spacial score (nSPS) is 11.0. The number of nitrogens with one attached hydrogen (secondary N) is 1. The maximum absolute atomic E-state index is 11.9. The molecule has 0 aliphatic carbocycles. The molecule has 7 heteroatoms. The highest BCUT2D eigenvalue weighted by Crippen LogP contribution is 2.22. The number of amides is 1. The number of aromatic nitrogens is 2. The Labute approximate surface area is 164 Å². The van der Waals surface area contributed by atoms with E-state index in [2.05, 4.69) is 15.2 Å². The molecule has 1 amide bonds. The first-order chi connectivity index (χ1) is 12.9. The summed E-state index contributed by atoms with van der Waals surface area (Å²) >= 11 is 6.44. The largest absolute Gasteiger partial charge is 0.469 e. The molecule has 2 rings (SSSR count). The van der Waals surface area contributed by atoms with Gasteiger partial charge in [-0.2, -0.15) is 5.10 Å². The number of aryl methyl sites for hydroxylation is 2. The van der Waals surface area contributed by atoms with Crippen LogP contribution in [0.5, 0.6) is 0 Å². The summed E-state index contributed by atoms with van der Waals surface area (Å²) in [6.45, 7) is 4.86. The van der Waals surface area contributed by atoms with Crippen molar-refractivity contribution < 1.29 is 14.3 Å². The van der Waals surface area contributed by atoms with E-state index < -0.39 is 0 Å². The van der Waals surface area contributed by atoms with E-state index in [-0.39, 0.29) is 18.3 Å². The Morgan fingerprint density at radius 3 is 2.63 bits per heavy atom. The minimum Gasteiger partial charge on any atom is -0.469 e. The Bertz CT molecular complexity index is 826. The average molecular weight is 390 g/mol. The highest BCUT2D eigenvalue weighted by atomic mass is 35.5. The zero-order valence-corrected chi connectivity index (χ0v) is 16.5. The summed E-state index contributed by atoms with van der Waals surface area (Å²) in [6.07, 6.45) is 3.88. The van der Waals surface area contributed by atoms with Crippen molar-refractivity contribution in [3.63, 3.8) is 0 Å². The smallest absolute Gasteiger partial charge is 0.305 e. The third-order valence-corrected chi connectivity index (χ3v) is 4.45. The molecular weight excluding hydrogens is 366 g/mol. The second kappa shape index (κ2) is 9.92. The standard InChI is InChI=1S/C20H24ClN3O3/c1-14-6-8-16(9-7-14)13-24-20(21)17(15(2)23-24)10-11-18(25)22-12-4-5-19(26)27-3/h6-11H,4-5,12-13H2,1-3H3,(H,22,25)/b11-10+. The molecule has 1 aromatic heterocycles. The monoisotopic (exact) mass is 389 g/mol. The van der Waals surface area contributed by atoms with Crippen LogP contribution in [0.15, 0.2) is 30.3 Å². The van der Waals surface area contributed by atoms with Gasteiger partial charge in [0.1, 0.15) is 5.15 Å². The predicted molar refractivity (Wildman–Crippen MR) is 106 cm³/mol. The Balaban J connectivity index is 1.95. The van der Waals surface area contributed by atoms with Crippen molar-refractivity contribution in [3.05, 3.63) is 57.9 Å². The molecule has 144 valence electrons. The SMILES string of the molecule is COC(=O)CCCNC(=O)/C=C/c1c(C)nn(Cc2ccc(C)cc2)c1Cl. The molecule has 0 saturated heterocycles. The fourth-order valence-electron chi connectivity index (χ4n) is 2.49. The number of nitrogens with zero attached hydrogens (tertiary/aromatic N) is 2. The lowest BCUT2D eigenvalue weighted by atomic mass is 10.1. The van der Waals surface area contributed by atoms with Crippen molar-refractivity contribution in [2.24, 2.45) is 0 Å². The number of benzene rings is 1. The molecule has 2 aromatic rings. The van der Waals surface area contributed by atoms with Gasteiger partial charge in [0.05, 0.1) is 19.3 Å². The van der Waals surface area contributed by atoms with Crippen LogP contribution < -0.4 is 5.32 Å². The van der Waals surface area contributed by atoms with E-state index in [1.54, 1.807) is 10.8 Å². The van der Waals surface area contributed by atoms with Crippen molar-refractivity contribution in [2.45, 2.75) is 33.2 Å². The summed E-state index contributed by atoms with van der Waals surface area (Å²) in [5.41, 5.74) is 3.77. The van der Waals surface area contributed by atoms with Crippen LogP contribution in [0.2, 0.25) is 5.15 Å². The third-order valence-electron chi connectivity index (χ3n) is 4.05. The minimum atomic E-state index is -0.289. The molecule has 6 nitrogen and oxygen atoms in total. The van der Waals surface area contributed by atoms with Gasteiger partial charge in [-0.05, 0) is 31.9 Å². The van der Waals surface area contributed by atoms with E-state index in [1.165, 1.54) is 18.7 Å². The number of methoxy groups -OCH3 is 1. The lowest BCUT2D eigenvalue weighted by Gasteiger charge is -2.04. The maximum atomic E-state index is 11.9. The third kappa shape index (κ3) is 6.25. The molecule has 1 N–H and O–H groups in total. The number of hydrogen-bond acceptors (Lipinski definition) is 4. The van der Waals surface area contributed by atoms with Gasteiger partial charge >= 0.3 is 5.97 Å². The summed E-state index contributed by atoms with van der Waals surface area (Å²) < 4.78 is 6.27. The van der Waals surface area contributed by atoms with Crippen LogP contribution in [0.25, 0.3) is 6.08 Å². The van der Waals surface area contributed by atoms with E-state index in [0.29, 0.717) is 30.2 Å². The van der Waals surface area contributed by atoms with Crippen molar-refractivity contribution in [2.75, 3.05) is 13.7 Å². The molecule has 0 bridgehead atoms. The second-order valence-corrected chi connectivity index (χ2v) is 6.60. The first-order valence-electron chi connectivity index (χ1n) is 8.72. The summed E-state index contributed by atoms with van der Waals surface area (Å²) in [5, 5.41) is 7.67. The number of rotatable bonds is 8. The van der Waals surface area contributed by atoms with Crippen molar-refractivity contribution in [3.8, 4) is 0 Å². The summed E-state index contributed by atoms with van der Waals surface area (Å²) in [4.78, 5) is 22.9. The topological polar surface area (TPSA) is 73.2 Å². The fraction of sp³-hybridized carbons (Fsp3) is 0.350. The van der Waals surface area contributed by atoms with Crippen LogP contribution in [0.3, 0.4) is 0 Å². The van der Waals surface area contributed by atoms with Crippen LogP contribution in [0.1, 0.15) is 35.2 Å². The van der Waals surface area contributed by atoms with Gasteiger partial charge in [0.25, 0.3) is 0 Å². The number of hydrogen-bond donors (Lipinski definition) is 1. The quantitative estimate of drug-likeness (QED) is 0.427. The Morgan fingerprint density at radius 1 is 1.26 bits per heavy atom. The summed E-state index contributed by atoms with van der Waals surface area (Å²) in [5.74, 6) is -0.537. The Morgan fingerprint density at radius 2 is 1.96 bits per heavy atom. The molecule has 0 aliphatic heterocycles. The van der Waals surface area contributed by atoms with Gasteiger partial charge in [-0.1, -0.05) is 41.4 Å². The van der Waals surface area contributed by atoms with E-state index >= 15 is 0 Å². The molecule has 0 unspecified atom stereocenters. The number of halogens is 1. The van der Waals surface area contributed by atoms with Gasteiger partial charge in [0, 0.05) is 24.6 Å². The average Bonchev–Trinajstić information content (AvgIpc) is 2.91. The molecule has 0 atom stereocenters. The number of esters is 1. The zero-order valence-electron chi connectivity index (χ0n) is 15.8. The van der Waals surface area contributed by atoms with Crippen LogP contribution in [0, 0.1) is 13.8 Å². The van der Waals surface area contributed by atoms with Crippen molar-refractivity contribution in [1.82, 2.24) is 15.1 Å². The Kier molecular flexibility index (Phi) is 7.61. The summed E-state index contributed by atoms with van der Waals surface area (Å²) in [6, 6.07) is 8.18. The molecule has 1 heterocycles. The van der Waals surface area contributed by atoms with E-state index in [1.807, 2.05) is 38.1 Å². The molecule has 27 heavy (non-hydrogen) atoms. The highest BCUT2D eigenvalue weighted by molar-refractivity contribution is 6.31. The lowest BCUT2D eigenvalue weighted by molar-refractivity contribution is -0.140. The molecule has 1 aromatic carbocycles. The molecule has 0 fully saturated rings. The van der Waals surface area contributed by atoms with Gasteiger partial charge in [0.15, 0.2) is 0 Å². The van der Waals surface area contributed by atoms with Crippen molar-refractivity contribution in [1.29, 1.82) is 0 Å². The van der Waals surface area contributed by atoms with Gasteiger partial charge in [0.2, 0.25) is 5.91 Å². The lowest BCUT2D eigenvalue weighted by Crippen LogP contribution is -2.22. The Hall–Kier alpha value is -2.60. The van der Waals surface area contributed by atoms with Crippen LogP contribution >= 0.6 is 11.6 Å². The number of carbonyl (C=O) groups is 2. The maximum Gasteiger partial charge on any atom is 0.305 e. The highest BCUT2D eigenvalue weighted by Gasteiger charge is 2.12. The van der Waals surface area contributed by atoms with Gasteiger partial charge in [-0.15, -0.1) is 0 Å². The molecular formula is C20H24ClN3O3. The number of ether oxygens (including phenoxy) is 1. The van der Waals surface area contributed by atoms with E-state index in [9.17, 15) is 9.59 Å². The minimum absolute atomic E-state index is 0.249. The van der Waals surface area contributed by atoms with Gasteiger partial charge in [-0.3, -0.25) is 9.59 Å². The molecule has 0 saturated carbocycles. The first-order valence-corrected chi connectivity index (χ1v) is 9.09. The fourth-order valence-corrected chi connectivity index (χ4v) is 2.79. The van der Waals surface area contributed by atoms with Crippen LogP contribution in [-0.4, -0.2) is 35.3 Å². The number of carbonyl (C=O) groups excluding carboxylic acids is 2. The van der Waals surface area contributed by atoms with E-state index in [0.717, 1.165) is 11.3 Å². The second-order valence-electron chi connectivity index (χ2n) is 6.24. The van der Waals surface area contributed by atoms with Gasteiger partial charge in [-0.25, -0.2) is 4.68 Å². The van der Waals surface area contributed by atoms with E-state index in [4.69, 9.17) is 11.6 Å². The zero-order chi connectivity index (χ0) is 19.8. The predicted octanol–water partition coefficient (Wildman–Crippen LogP) is 3.28. The van der Waals surface area contributed by atoms with Crippen LogP contribution in [-0.2, 0) is 20.9 Å². The first kappa shape index (κ1) is 20.7. The molecule has 0 radical (unpaired) electrons. The van der Waals surface area contributed by atoms with Crippen molar-refractivity contribution >= 4 is 29.6 Å².